The van der Waals surface area contributed by atoms with E-state index < -0.39 is 0 Å². The van der Waals surface area contributed by atoms with Crippen LogP contribution in [0.15, 0.2) is 25.0 Å². The van der Waals surface area contributed by atoms with E-state index >= 15 is 0 Å². The highest BCUT2D eigenvalue weighted by Crippen LogP contribution is 2.10. The molecule has 0 saturated carbocycles. The third kappa shape index (κ3) is 4.53. The lowest BCUT2D eigenvalue weighted by Gasteiger charge is -2.11. The van der Waals surface area contributed by atoms with Crippen molar-refractivity contribution in [2.75, 3.05) is 18.1 Å². The van der Waals surface area contributed by atoms with Crippen LogP contribution in [0.5, 0.6) is 0 Å². The number of hydrogen-bond acceptors (Lipinski definition) is 3. The average molecular weight is 225 g/mol. The van der Waals surface area contributed by atoms with Crippen molar-refractivity contribution in [2.45, 2.75) is 13.0 Å². The van der Waals surface area contributed by atoms with E-state index in [2.05, 4.69) is 30.1 Å². The summed E-state index contributed by atoms with van der Waals surface area (Å²) in [6, 6.07) is 0.378. The Labute approximate surface area is 95.9 Å². The smallest absolute Gasteiger partial charge is 0.0537 e. The number of thioether (sulfide) groups is 1. The molecule has 0 aliphatic rings. The van der Waals surface area contributed by atoms with Crippen molar-refractivity contribution in [2.24, 2.45) is 7.05 Å². The number of aromatic nitrogens is 2. The first-order valence-electron chi connectivity index (χ1n) is 5.14. The molecule has 0 bridgehead atoms. The fraction of sp³-hybridized carbons (Fsp3) is 0.545. The second-order valence-corrected chi connectivity index (χ2v) is 4.64. The van der Waals surface area contributed by atoms with Gasteiger partial charge in [0.05, 0.1) is 6.20 Å². The van der Waals surface area contributed by atoms with Gasteiger partial charge in [-0.2, -0.15) is 16.9 Å². The molecule has 0 aliphatic heterocycles. The molecule has 1 aromatic rings. The van der Waals surface area contributed by atoms with Crippen molar-refractivity contribution in [1.82, 2.24) is 15.1 Å². The summed E-state index contributed by atoms with van der Waals surface area (Å²) in [5.74, 6) is 2.15. The molecule has 1 N–H and O–H groups in total. The van der Waals surface area contributed by atoms with Crippen LogP contribution in [0.4, 0.5) is 0 Å². The molecule has 4 heteroatoms. The zero-order valence-electron chi connectivity index (χ0n) is 9.44. The molecule has 1 rings (SSSR count). The van der Waals surface area contributed by atoms with Gasteiger partial charge in [-0.1, -0.05) is 6.08 Å². The Morgan fingerprint density at radius 2 is 2.53 bits per heavy atom. The third-order valence-electron chi connectivity index (χ3n) is 2.16. The Morgan fingerprint density at radius 3 is 3.13 bits per heavy atom. The summed E-state index contributed by atoms with van der Waals surface area (Å²) in [5.41, 5.74) is 1.24. The predicted octanol–water partition coefficient (Wildman–Crippen LogP) is 1.99. The number of hydrogen-bond donors (Lipinski definition) is 1. The second-order valence-electron chi connectivity index (χ2n) is 3.49. The van der Waals surface area contributed by atoms with E-state index in [1.807, 2.05) is 35.8 Å². The molecule has 84 valence electrons. The zero-order chi connectivity index (χ0) is 11.1. The first-order chi connectivity index (χ1) is 7.24. The molecule has 0 aromatic carbocycles. The maximum atomic E-state index is 4.15. The lowest BCUT2D eigenvalue weighted by molar-refractivity contribution is 0.600. The molecule has 0 amide bonds. The lowest BCUT2D eigenvalue weighted by atomic mass is 10.2. The van der Waals surface area contributed by atoms with Gasteiger partial charge in [0, 0.05) is 42.9 Å². The summed E-state index contributed by atoms with van der Waals surface area (Å²) in [5, 5.41) is 7.62. The van der Waals surface area contributed by atoms with E-state index in [4.69, 9.17) is 0 Å². The monoisotopic (exact) mass is 225 g/mol. The van der Waals surface area contributed by atoms with Gasteiger partial charge < -0.3 is 5.32 Å². The van der Waals surface area contributed by atoms with E-state index in [1.165, 1.54) is 5.56 Å². The Balaban J connectivity index is 2.18. The van der Waals surface area contributed by atoms with E-state index in [-0.39, 0.29) is 0 Å². The Kier molecular flexibility index (Phi) is 5.50. The van der Waals surface area contributed by atoms with Crippen LogP contribution in [-0.2, 0) is 7.05 Å². The van der Waals surface area contributed by atoms with Crippen LogP contribution >= 0.6 is 11.8 Å². The summed E-state index contributed by atoms with van der Waals surface area (Å²) < 4.78 is 1.83. The van der Waals surface area contributed by atoms with Crippen LogP contribution in [0, 0.1) is 0 Å². The minimum Gasteiger partial charge on any atom is -0.309 e. The van der Waals surface area contributed by atoms with E-state index in [1.54, 1.807) is 0 Å². The van der Waals surface area contributed by atoms with E-state index in [9.17, 15) is 0 Å². The Morgan fingerprint density at radius 1 is 1.73 bits per heavy atom. The molecular weight excluding hydrogens is 206 g/mol. The largest absolute Gasteiger partial charge is 0.309 e. The van der Waals surface area contributed by atoms with Crippen molar-refractivity contribution >= 4 is 11.8 Å². The first kappa shape index (κ1) is 12.3. The van der Waals surface area contributed by atoms with Gasteiger partial charge in [0.1, 0.15) is 0 Å². The van der Waals surface area contributed by atoms with Crippen LogP contribution < -0.4 is 5.32 Å². The maximum Gasteiger partial charge on any atom is 0.0537 e. The number of nitrogens with one attached hydrogen (secondary N) is 1. The maximum absolute atomic E-state index is 4.15. The highest BCUT2D eigenvalue weighted by atomic mass is 32.2. The molecule has 0 fully saturated rings. The van der Waals surface area contributed by atoms with Gasteiger partial charge in [0.15, 0.2) is 0 Å². The molecule has 1 aromatic heterocycles. The van der Waals surface area contributed by atoms with Gasteiger partial charge in [0.2, 0.25) is 0 Å². The topological polar surface area (TPSA) is 29.9 Å². The van der Waals surface area contributed by atoms with Crippen LogP contribution in [0.3, 0.4) is 0 Å². The third-order valence-corrected chi connectivity index (χ3v) is 3.12. The van der Waals surface area contributed by atoms with Gasteiger partial charge in [-0.25, -0.2) is 0 Å². The van der Waals surface area contributed by atoms with Gasteiger partial charge in [-0.15, -0.1) is 6.58 Å². The van der Waals surface area contributed by atoms with Crippen molar-refractivity contribution in [3.63, 3.8) is 0 Å². The van der Waals surface area contributed by atoms with Crippen LogP contribution in [-0.4, -0.2) is 27.8 Å². The molecule has 1 unspecified atom stereocenters. The molecule has 1 atom stereocenters. The average Bonchev–Trinajstić information content (AvgIpc) is 2.64. The molecule has 15 heavy (non-hydrogen) atoms. The lowest BCUT2D eigenvalue weighted by Crippen LogP contribution is -2.21. The fourth-order valence-electron chi connectivity index (χ4n) is 1.30. The molecular formula is C11H19N3S. The highest BCUT2D eigenvalue weighted by molar-refractivity contribution is 7.99. The van der Waals surface area contributed by atoms with Crippen molar-refractivity contribution in [3.8, 4) is 0 Å². The predicted molar refractivity (Wildman–Crippen MR) is 67.1 cm³/mol. The van der Waals surface area contributed by atoms with E-state index in [0.717, 1.165) is 18.1 Å². The van der Waals surface area contributed by atoms with Crippen molar-refractivity contribution in [3.05, 3.63) is 30.6 Å². The highest BCUT2D eigenvalue weighted by Gasteiger charge is 2.05. The number of rotatable bonds is 7. The van der Waals surface area contributed by atoms with Gasteiger partial charge in [-0.3, -0.25) is 4.68 Å². The Bertz CT molecular complexity index is 296. The summed E-state index contributed by atoms with van der Waals surface area (Å²) in [6.45, 7) is 6.88. The SMILES string of the molecule is C=CCSCCNC(C)c1cnn(C)c1. The van der Waals surface area contributed by atoms with Crippen LogP contribution in [0.1, 0.15) is 18.5 Å². The quantitative estimate of drug-likeness (QED) is 0.568. The van der Waals surface area contributed by atoms with Gasteiger partial charge >= 0.3 is 0 Å². The minimum absolute atomic E-state index is 0.378. The first-order valence-corrected chi connectivity index (χ1v) is 6.30. The van der Waals surface area contributed by atoms with Crippen molar-refractivity contribution < 1.29 is 0 Å². The van der Waals surface area contributed by atoms with Gasteiger partial charge in [-0.05, 0) is 6.92 Å². The molecule has 0 radical (unpaired) electrons. The normalized spacial score (nSPS) is 12.7. The summed E-state index contributed by atoms with van der Waals surface area (Å²) in [6.07, 6.45) is 5.90. The van der Waals surface area contributed by atoms with Gasteiger partial charge in [0.25, 0.3) is 0 Å². The molecule has 0 spiro atoms. The molecule has 0 saturated heterocycles. The number of aryl methyl sites for hydroxylation is 1. The summed E-state index contributed by atoms with van der Waals surface area (Å²) in [4.78, 5) is 0. The summed E-state index contributed by atoms with van der Waals surface area (Å²) >= 11 is 1.89. The van der Waals surface area contributed by atoms with Crippen LogP contribution in [0.25, 0.3) is 0 Å². The minimum atomic E-state index is 0.378. The van der Waals surface area contributed by atoms with Crippen molar-refractivity contribution in [1.29, 1.82) is 0 Å². The molecule has 0 aliphatic carbocycles. The summed E-state index contributed by atoms with van der Waals surface area (Å²) in [7, 11) is 1.94. The van der Waals surface area contributed by atoms with E-state index in [0.29, 0.717) is 6.04 Å². The standard InChI is InChI=1S/C11H19N3S/c1-4-6-15-7-5-12-10(2)11-8-13-14(3)9-11/h4,8-10,12H,1,5-7H2,2-3H3. The molecule has 3 nitrogen and oxygen atoms in total. The fourth-order valence-corrected chi connectivity index (χ4v) is 1.89. The second kappa shape index (κ2) is 6.69. The van der Waals surface area contributed by atoms with Crippen LogP contribution in [0.2, 0.25) is 0 Å². The Hall–Kier alpha value is -0.740. The number of nitrogens with zero attached hydrogens (tertiary/aromatic N) is 2. The molecule has 1 heterocycles. The zero-order valence-corrected chi connectivity index (χ0v) is 10.3.